The molecule has 1 aliphatic heterocycles. The maximum absolute atomic E-state index is 12.6. The number of esters is 2. The summed E-state index contributed by atoms with van der Waals surface area (Å²) in [6.07, 6.45) is 2.99. The first-order valence-corrected chi connectivity index (χ1v) is 9.32. The van der Waals surface area contributed by atoms with Crippen LogP contribution in [0, 0.1) is 0 Å². The van der Waals surface area contributed by atoms with E-state index in [2.05, 4.69) is 15.6 Å². The molecule has 3 heterocycles. The van der Waals surface area contributed by atoms with E-state index in [9.17, 15) is 14.4 Å². The standard InChI is InChI=1S/C21H19N3O6/c1-2-28-20(26)17-15(23-21(27)24-18(17)16-8-5-9-29-16)11-30-19(25)13-10-22-14-7-4-3-6-12(13)14/h3-10,18,22H,2,11H2,1H3,(H2,23,24,27). The summed E-state index contributed by atoms with van der Waals surface area (Å²) in [5, 5.41) is 5.88. The second-order valence-corrected chi connectivity index (χ2v) is 6.48. The third kappa shape index (κ3) is 3.64. The lowest BCUT2D eigenvalue weighted by Gasteiger charge is -2.27. The van der Waals surface area contributed by atoms with Gasteiger partial charge in [0, 0.05) is 17.1 Å². The fourth-order valence-corrected chi connectivity index (χ4v) is 3.31. The Morgan fingerprint density at radius 1 is 1.10 bits per heavy atom. The largest absolute Gasteiger partial charge is 0.467 e. The highest BCUT2D eigenvalue weighted by Gasteiger charge is 2.35. The summed E-state index contributed by atoms with van der Waals surface area (Å²) in [5.74, 6) is -0.886. The van der Waals surface area contributed by atoms with Gasteiger partial charge in [-0.3, -0.25) is 0 Å². The molecule has 0 bridgehead atoms. The number of aromatic amines is 1. The van der Waals surface area contributed by atoms with E-state index < -0.39 is 24.0 Å². The number of hydrogen-bond acceptors (Lipinski definition) is 6. The van der Waals surface area contributed by atoms with E-state index in [-0.39, 0.29) is 24.5 Å². The average Bonchev–Trinajstić information content (AvgIpc) is 3.41. The summed E-state index contributed by atoms with van der Waals surface area (Å²) in [7, 11) is 0. The van der Waals surface area contributed by atoms with Crippen LogP contribution < -0.4 is 10.6 Å². The Kier molecular flexibility index (Phi) is 5.25. The number of furan rings is 1. The first kappa shape index (κ1) is 19.3. The van der Waals surface area contributed by atoms with Crippen LogP contribution in [0.15, 0.2) is 64.5 Å². The Hall–Kier alpha value is -4.01. The van der Waals surface area contributed by atoms with Crippen molar-refractivity contribution in [3.63, 3.8) is 0 Å². The molecule has 2 amide bonds. The number of carbonyl (C=O) groups excluding carboxylic acids is 3. The second kappa shape index (κ2) is 8.16. The number of para-hydroxylation sites is 1. The van der Waals surface area contributed by atoms with Gasteiger partial charge in [0.1, 0.15) is 18.4 Å². The number of fused-ring (bicyclic) bond motifs is 1. The van der Waals surface area contributed by atoms with Crippen LogP contribution in [0.5, 0.6) is 0 Å². The molecule has 0 spiro atoms. The van der Waals surface area contributed by atoms with Crippen molar-refractivity contribution in [3.05, 3.63) is 71.5 Å². The highest BCUT2D eigenvalue weighted by atomic mass is 16.5. The third-order valence-electron chi connectivity index (χ3n) is 4.63. The smallest absolute Gasteiger partial charge is 0.340 e. The molecule has 4 rings (SSSR count). The minimum Gasteiger partial charge on any atom is -0.467 e. The van der Waals surface area contributed by atoms with E-state index in [0.29, 0.717) is 16.7 Å². The van der Waals surface area contributed by atoms with Gasteiger partial charge >= 0.3 is 18.0 Å². The van der Waals surface area contributed by atoms with Gasteiger partial charge in [0.2, 0.25) is 0 Å². The SMILES string of the molecule is CCOC(=O)C1=C(COC(=O)c2c[nH]c3ccccc23)NC(=O)NC1c1ccco1. The van der Waals surface area contributed by atoms with Crippen LogP contribution >= 0.6 is 0 Å². The Balaban J connectivity index is 1.63. The third-order valence-corrected chi connectivity index (χ3v) is 4.63. The number of hydrogen-bond donors (Lipinski definition) is 3. The van der Waals surface area contributed by atoms with Gasteiger partial charge < -0.3 is 29.5 Å². The molecule has 0 saturated carbocycles. The van der Waals surface area contributed by atoms with Crippen LogP contribution in [-0.4, -0.2) is 36.2 Å². The molecule has 9 nitrogen and oxygen atoms in total. The van der Waals surface area contributed by atoms with Gasteiger partial charge in [-0.15, -0.1) is 0 Å². The minimum absolute atomic E-state index is 0.109. The van der Waals surface area contributed by atoms with E-state index in [1.54, 1.807) is 31.3 Å². The van der Waals surface area contributed by atoms with Crippen LogP contribution in [-0.2, 0) is 14.3 Å². The van der Waals surface area contributed by atoms with E-state index in [4.69, 9.17) is 13.9 Å². The van der Waals surface area contributed by atoms with E-state index >= 15 is 0 Å². The molecule has 154 valence electrons. The summed E-state index contributed by atoms with van der Waals surface area (Å²) in [4.78, 5) is 40.4. The first-order valence-electron chi connectivity index (χ1n) is 9.32. The van der Waals surface area contributed by atoms with Gasteiger partial charge in [0.05, 0.1) is 29.7 Å². The van der Waals surface area contributed by atoms with Crippen molar-refractivity contribution in [1.82, 2.24) is 15.6 Å². The monoisotopic (exact) mass is 409 g/mol. The van der Waals surface area contributed by atoms with E-state index in [1.807, 2.05) is 18.2 Å². The van der Waals surface area contributed by atoms with Crippen LogP contribution in [0.1, 0.15) is 29.1 Å². The zero-order valence-corrected chi connectivity index (χ0v) is 16.1. The van der Waals surface area contributed by atoms with Gasteiger partial charge in [-0.25, -0.2) is 14.4 Å². The second-order valence-electron chi connectivity index (χ2n) is 6.48. The predicted molar refractivity (Wildman–Crippen MR) is 105 cm³/mol. The Bertz CT molecular complexity index is 1130. The quantitative estimate of drug-likeness (QED) is 0.538. The molecule has 9 heteroatoms. The molecule has 3 N–H and O–H groups in total. The lowest BCUT2D eigenvalue weighted by molar-refractivity contribution is -0.139. The fourth-order valence-electron chi connectivity index (χ4n) is 3.31. The number of nitrogens with one attached hydrogen (secondary N) is 3. The van der Waals surface area contributed by atoms with Crippen molar-refractivity contribution in [2.45, 2.75) is 13.0 Å². The number of aromatic nitrogens is 1. The van der Waals surface area contributed by atoms with E-state index in [1.165, 1.54) is 6.26 Å². The summed E-state index contributed by atoms with van der Waals surface area (Å²) >= 11 is 0. The number of H-pyrrole nitrogens is 1. The lowest BCUT2D eigenvalue weighted by Crippen LogP contribution is -2.47. The molecule has 1 aliphatic rings. The van der Waals surface area contributed by atoms with Crippen molar-refractivity contribution in [2.24, 2.45) is 0 Å². The van der Waals surface area contributed by atoms with Crippen molar-refractivity contribution in [2.75, 3.05) is 13.2 Å². The lowest BCUT2D eigenvalue weighted by atomic mass is 10.0. The summed E-state index contributed by atoms with van der Waals surface area (Å²) in [5.41, 5.74) is 1.39. The Morgan fingerprint density at radius 3 is 2.70 bits per heavy atom. The molecule has 30 heavy (non-hydrogen) atoms. The zero-order chi connectivity index (χ0) is 21.1. The number of benzene rings is 1. The number of urea groups is 1. The molecule has 0 aliphatic carbocycles. The van der Waals surface area contributed by atoms with Gasteiger partial charge in [0.25, 0.3) is 0 Å². The topological polar surface area (TPSA) is 123 Å². The van der Waals surface area contributed by atoms with Gasteiger partial charge in [-0.2, -0.15) is 0 Å². The van der Waals surface area contributed by atoms with Crippen LogP contribution in [0.3, 0.4) is 0 Å². The summed E-state index contributed by atoms with van der Waals surface area (Å²) in [6, 6.07) is 9.16. The number of amides is 2. The zero-order valence-electron chi connectivity index (χ0n) is 16.1. The van der Waals surface area contributed by atoms with Crippen molar-refractivity contribution in [3.8, 4) is 0 Å². The molecule has 0 saturated heterocycles. The average molecular weight is 409 g/mol. The predicted octanol–water partition coefficient (Wildman–Crippen LogP) is 2.79. The van der Waals surface area contributed by atoms with Crippen molar-refractivity contribution in [1.29, 1.82) is 0 Å². The number of carbonyl (C=O) groups is 3. The highest BCUT2D eigenvalue weighted by molar-refractivity contribution is 6.04. The molecule has 3 aromatic rings. The normalized spacial score (nSPS) is 16.2. The summed E-state index contributed by atoms with van der Waals surface area (Å²) in [6.45, 7) is 1.49. The molecule has 0 radical (unpaired) electrons. The number of rotatable bonds is 6. The highest BCUT2D eigenvalue weighted by Crippen LogP contribution is 2.28. The maximum atomic E-state index is 12.6. The maximum Gasteiger partial charge on any atom is 0.340 e. The molecular formula is C21H19N3O6. The van der Waals surface area contributed by atoms with Gasteiger partial charge in [0.15, 0.2) is 0 Å². The van der Waals surface area contributed by atoms with Gasteiger partial charge in [-0.05, 0) is 25.1 Å². The molecule has 1 aromatic carbocycles. The summed E-state index contributed by atoms with van der Waals surface area (Å²) < 4.78 is 15.9. The van der Waals surface area contributed by atoms with Gasteiger partial charge in [-0.1, -0.05) is 18.2 Å². The first-order chi connectivity index (χ1) is 14.6. The molecule has 1 atom stereocenters. The van der Waals surface area contributed by atoms with Crippen molar-refractivity contribution < 1.29 is 28.3 Å². The van der Waals surface area contributed by atoms with Crippen LogP contribution in [0.2, 0.25) is 0 Å². The Morgan fingerprint density at radius 2 is 1.93 bits per heavy atom. The number of ether oxygens (including phenoxy) is 2. The van der Waals surface area contributed by atoms with Crippen molar-refractivity contribution >= 4 is 28.9 Å². The molecule has 1 unspecified atom stereocenters. The fraction of sp³-hybridized carbons (Fsp3) is 0.190. The molecular weight excluding hydrogens is 390 g/mol. The van der Waals surface area contributed by atoms with Crippen LogP contribution in [0.25, 0.3) is 10.9 Å². The minimum atomic E-state index is -0.866. The Labute approximate surface area is 171 Å². The van der Waals surface area contributed by atoms with E-state index in [0.717, 1.165) is 5.52 Å². The molecule has 2 aromatic heterocycles. The molecule has 0 fully saturated rings. The van der Waals surface area contributed by atoms with Crippen LogP contribution in [0.4, 0.5) is 4.79 Å².